The van der Waals surface area contributed by atoms with Crippen LogP contribution in [0.15, 0.2) is 66.9 Å². The third kappa shape index (κ3) is 5.93. The van der Waals surface area contributed by atoms with Gasteiger partial charge in [0.2, 0.25) is 5.91 Å². The molecule has 1 fully saturated rings. The van der Waals surface area contributed by atoms with E-state index < -0.39 is 42.1 Å². The second-order valence-electron chi connectivity index (χ2n) is 9.25. The van der Waals surface area contributed by atoms with Crippen LogP contribution in [0.4, 0.5) is 32.0 Å². The van der Waals surface area contributed by atoms with Crippen molar-refractivity contribution in [2.45, 2.75) is 50.9 Å². The van der Waals surface area contributed by atoms with Crippen LogP contribution in [0.1, 0.15) is 47.8 Å². The van der Waals surface area contributed by atoms with Gasteiger partial charge in [-0.1, -0.05) is 35.9 Å². The van der Waals surface area contributed by atoms with E-state index in [1.54, 1.807) is 23.8 Å². The van der Waals surface area contributed by atoms with Gasteiger partial charge in [-0.15, -0.1) is 13.2 Å². The number of carbonyl (C=O) groups is 1. The van der Waals surface area contributed by atoms with Gasteiger partial charge in [0, 0.05) is 17.9 Å². The Hall–Kier alpha value is -3.60. The Labute approximate surface area is 215 Å². The highest BCUT2D eigenvalue weighted by molar-refractivity contribution is 6.00. The number of anilines is 1. The summed E-state index contributed by atoms with van der Waals surface area (Å²) in [4.78, 5) is 20.6. The van der Waals surface area contributed by atoms with E-state index in [-0.39, 0.29) is 5.91 Å². The van der Waals surface area contributed by atoms with Gasteiger partial charge in [-0.25, -0.2) is 0 Å². The van der Waals surface area contributed by atoms with Crippen LogP contribution in [-0.4, -0.2) is 35.2 Å². The molecule has 0 saturated carbocycles. The standard InChI is InChI=1S/C27H25F6N3O2/c1-16-5-4-6-18(13-16)22-14-23(35(3)17(2)19-7-12-24(34-15-19)26(28,29)30)25(37)36(22)20-8-10-21(11-9-20)38-27(31,32)33/h4-13,15,17,22-23H,14H2,1-3H3. The van der Waals surface area contributed by atoms with Crippen LogP contribution in [0.25, 0.3) is 0 Å². The molecule has 3 atom stereocenters. The van der Waals surface area contributed by atoms with E-state index in [0.29, 0.717) is 17.7 Å². The van der Waals surface area contributed by atoms with Gasteiger partial charge in [-0.2, -0.15) is 13.2 Å². The summed E-state index contributed by atoms with van der Waals surface area (Å²) < 4.78 is 80.6. The Kier molecular flexibility index (Phi) is 7.42. The van der Waals surface area contributed by atoms with Crippen LogP contribution < -0.4 is 9.64 Å². The molecule has 0 N–H and O–H groups in total. The fraction of sp³-hybridized carbons (Fsp3) is 0.333. The molecule has 0 radical (unpaired) electrons. The first-order valence-corrected chi connectivity index (χ1v) is 11.7. The largest absolute Gasteiger partial charge is 0.573 e. The summed E-state index contributed by atoms with van der Waals surface area (Å²) >= 11 is 0. The topological polar surface area (TPSA) is 45.7 Å². The number of likely N-dealkylation sites (N-methyl/N-ethyl adjacent to an activating group) is 1. The van der Waals surface area contributed by atoms with Gasteiger partial charge in [0.15, 0.2) is 0 Å². The van der Waals surface area contributed by atoms with Gasteiger partial charge in [0.1, 0.15) is 11.4 Å². The Balaban J connectivity index is 1.64. The number of hydrogen-bond donors (Lipinski definition) is 0. The van der Waals surface area contributed by atoms with E-state index in [4.69, 9.17) is 0 Å². The molecule has 3 unspecified atom stereocenters. The fourth-order valence-corrected chi connectivity index (χ4v) is 4.68. The normalized spacial score (nSPS) is 19.2. The first-order chi connectivity index (χ1) is 17.7. The molecule has 3 aromatic rings. The summed E-state index contributed by atoms with van der Waals surface area (Å²) in [5.41, 5.74) is 1.73. The van der Waals surface area contributed by atoms with E-state index in [1.807, 2.05) is 31.2 Å². The molecule has 5 nitrogen and oxygen atoms in total. The molecule has 2 aromatic carbocycles. The third-order valence-electron chi connectivity index (χ3n) is 6.72. The average molecular weight is 538 g/mol. The number of benzene rings is 2. The molecule has 2 heterocycles. The molecule has 1 aliphatic heterocycles. The van der Waals surface area contributed by atoms with Crippen LogP contribution in [0, 0.1) is 6.92 Å². The van der Waals surface area contributed by atoms with E-state index in [9.17, 15) is 31.1 Å². The number of aryl methyl sites for hydroxylation is 1. The number of halogens is 6. The molecular formula is C27H25F6N3O2. The minimum Gasteiger partial charge on any atom is -0.406 e. The van der Waals surface area contributed by atoms with Crippen molar-refractivity contribution in [2.24, 2.45) is 0 Å². The van der Waals surface area contributed by atoms with Crippen LogP contribution in [0.2, 0.25) is 0 Å². The maximum Gasteiger partial charge on any atom is 0.573 e. The highest BCUT2D eigenvalue weighted by atomic mass is 19.4. The molecule has 1 saturated heterocycles. The maximum atomic E-state index is 13.8. The van der Waals surface area contributed by atoms with E-state index in [1.165, 1.54) is 18.2 Å². The van der Waals surface area contributed by atoms with Crippen molar-refractivity contribution in [1.82, 2.24) is 9.88 Å². The quantitative estimate of drug-likeness (QED) is 0.323. The molecule has 4 rings (SSSR count). The lowest BCUT2D eigenvalue weighted by atomic mass is 9.99. The maximum absolute atomic E-state index is 13.8. The van der Waals surface area contributed by atoms with Crippen molar-refractivity contribution >= 4 is 11.6 Å². The van der Waals surface area contributed by atoms with Crippen molar-refractivity contribution in [3.63, 3.8) is 0 Å². The molecule has 0 spiro atoms. The predicted molar refractivity (Wildman–Crippen MR) is 128 cm³/mol. The SMILES string of the molecule is Cc1cccc(C2CC(N(C)C(C)c3ccc(C(F)(F)F)nc3)C(=O)N2c2ccc(OC(F)(F)F)cc2)c1. The zero-order valence-corrected chi connectivity index (χ0v) is 20.7. The first kappa shape index (κ1) is 27.4. The van der Waals surface area contributed by atoms with E-state index in [2.05, 4.69) is 9.72 Å². The molecule has 202 valence electrons. The molecular weight excluding hydrogens is 512 g/mol. The monoisotopic (exact) mass is 537 g/mol. The number of ether oxygens (including phenoxy) is 1. The Morgan fingerprint density at radius 1 is 1.03 bits per heavy atom. The van der Waals surface area contributed by atoms with Crippen LogP contribution in [-0.2, 0) is 11.0 Å². The molecule has 0 aliphatic carbocycles. The van der Waals surface area contributed by atoms with Gasteiger partial charge in [0.25, 0.3) is 0 Å². The Bertz CT molecular complexity index is 1280. The summed E-state index contributed by atoms with van der Waals surface area (Å²) in [6.45, 7) is 3.68. The lowest BCUT2D eigenvalue weighted by Gasteiger charge is -2.30. The van der Waals surface area contributed by atoms with Crippen molar-refractivity contribution in [3.05, 3.63) is 89.2 Å². The van der Waals surface area contributed by atoms with Gasteiger partial charge in [-0.05, 0) is 68.8 Å². The molecule has 38 heavy (non-hydrogen) atoms. The summed E-state index contributed by atoms with van der Waals surface area (Å²) in [6, 6.07) is 13.4. The summed E-state index contributed by atoms with van der Waals surface area (Å²) in [5.74, 6) is -0.688. The highest BCUT2D eigenvalue weighted by Gasteiger charge is 2.44. The summed E-state index contributed by atoms with van der Waals surface area (Å²) in [6.07, 6.45) is -7.89. The van der Waals surface area contributed by atoms with Crippen LogP contribution in [0.3, 0.4) is 0 Å². The van der Waals surface area contributed by atoms with Gasteiger partial charge < -0.3 is 9.64 Å². The number of pyridine rings is 1. The third-order valence-corrected chi connectivity index (χ3v) is 6.72. The Morgan fingerprint density at radius 3 is 2.26 bits per heavy atom. The minimum absolute atomic E-state index is 0.282. The number of rotatable bonds is 6. The zero-order chi connectivity index (χ0) is 27.8. The highest BCUT2D eigenvalue weighted by Crippen LogP contribution is 2.41. The molecule has 1 aromatic heterocycles. The van der Waals surface area contributed by atoms with Gasteiger partial charge in [-0.3, -0.25) is 14.7 Å². The van der Waals surface area contributed by atoms with Crippen molar-refractivity contribution < 1.29 is 35.9 Å². The van der Waals surface area contributed by atoms with E-state index in [0.717, 1.165) is 35.5 Å². The van der Waals surface area contributed by atoms with Crippen LogP contribution in [0.5, 0.6) is 5.75 Å². The number of alkyl halides is 6. The summed E-state index contributed by atoms with van der Waals surface area (Å²) in [5, 5.41) is 0. The molecule has 1 aliphatic rings. The number of aromatic nitrogens is 1. The average Bonchev–Trinajstić information content (AvgIpc) is 3.19. The molecule has 1 amide bonds. The van der Waals surface area contributed by atoms with Gasteiger partial charge >= 0.3 is 12.5 Å². The predicted octanol–water partition coefficient (Wildman–Crippen LogP) is 6.85. The van der Waals surface area contributed by atoms with Crippen molar-refractivity contribution in [1.29, 1.82) is 0 Å². The first-order valence-electron chi connectivity index (χ1n) is 11.7. The van der Waals surface area contributed by atoms with Gasteiger partial charge in [0.05, 0.1) is 12.1 Å². The van der Waals surface area contributed by atoms with Crippen LogP contribution >= 0.6 is 0 Å². The number of nitrogens with zero attached hydrogens (tertiary/aromatic N) is 3. The molecule has 0 bridgehead atoms. The van der Waals surface area contributed by atoms with E-state index >= 15 is 0 Å². The number of carbonyl (C=O) groups excluding carboxylic acids is 1. The fourth-order valence-electron chi connectivity index (χ4n) is 4.68. The van der Waals surface area contributed by atoms with Crippen molar-refractivity contribution in [2.75, 3.05) is 11.9 Å². The van der Waals surface area contributed by atoms with Crippen molar-refractivity contribution in [3.8, 4) is 5.75 Å². The minimum atomic E-state index is -4.84. The number of hydrogen-bond acceptors (Lipinski definition) is 4. The molecule has 11 heteroatoms. The second kappa shape index (κ2) is 10.3. The zero-order valence-electron chi connectivity index (χ0n) is 20.7. The lowest BCUT2D eigenvalue weighted by Crippen LogP contribution is -2.41. The second-order valence-corrected chi connectivity index (χ2v) is 9.25. The smallest absolute Gasteiger partial charge is 0.406 e. The summed E-state index contributed by atoms with van der Waals surface area (Å²) in [7, 11) is 1.71. The lowest BCUT2D eigenvalue weighted by molar-refractivity contribution is -0.274. The Morgan fingerprint density at radius 2 is 1.71 bits per heavy atom. The number of amides is 1.